The number of amides is 2. The summed E-state index contributed by atoms with van der Waals surface area (Å²) in [5, 5.41) is 0. The first-order chi connectivity index (χ1) is 7.18. The number of hydrogen-bond donors (Lipinski definition) is 0. The lowest BCUT2D eigenvalue weighted by molar-refractivity contribution is -0.138. The van der Waals surface area contributed by atoms with Gasteiger partial charge in [-0.25, -0.2) is 0 Å². The van der Waals surface area contributed by atoms with Crippen molar-refractivity contribution in [2.75, 3.05) is 19.8 Å². The van der Waals surface area contributed by atoms with Crippen LogP contribution in [0.25, 0.3) is 0 Å². The van der Waals surface area contributed by atoms with Crippen molar-refractivity contribution in [1.82, 2.24) is 4.90 Å². The molecule has 15 heavy (non-hydrogen) atoms. The first-order valence-corrected chi connectivity index (χ1v) is 5.30. The molecule has 0 aromatic carbocycles. The maximum absolute atomic E-state index is 11.4. The summed E-state index contributed by atoms with van der Waals surface area (Å²) in [5.41, 5.74) is 0.516. The monoisotopic (exact) mass is 209 g/mol. The second-order valence-electron chi connectivity index (χ2n) is 4.14. The van der Waals surface area contributed by atoms with Gasteiger partial charge in [0, 0.05) is 18.3 Å². The van der Waals surface area contributed by atoms with Crippen LogP contribution in [0.4, 0.5) is 0 Å². The molecular weight excluding hydrogens is 194 g/mol. The van der Waals surface area contributed by atoms with Crippen molar-refractivity contribution < 1.29 is 14.3 Å². The van der Waals surface area contributed by atoms with E-state index in [0.29, 0.717) is 18.7 Å². The zero-order valence-electron chi connectivity index (χ0n) is 8.86. The summed E-state index contributed by atoms with van der Waals surface area (Å²) in [6, 6.07) is 0. The van der Waals surface area contributed by atoms with Crippen LogP contribution in [0.2, 0.25) is 0 Å². The molecule has 1 aliphatic heterocycles. The van der Waals surface area contributed by atoms with E-state index in [2.05, 4.69) is 0 Å². The average molecular weight is 209 g/mol. The predicted octanol–water partition coefficient (Wildman–Crippen LogP) is 0.728. The highest BCUT2D eigenvalue weighted by Gasteiger charge is 2.28. The standard InChI is InChI=1S/C11H15NO3/c1-8-6-10(13)12(11(8)14)4-5-15-7-9-2-3-9/h6,9H,2-5,7H2,1H3. The van der Waals surface area contributed by atoms with Gasteiger partial charge >= 0.3 is 0 Å². The van der Waals surface area contributed by atoms with E-state index in [1.165, 1.54) is 23.8 Å². The van der Waals surface area contributed by atoms with Crippen molar-refractivity contribution in [3.05, 3.63) is 11.6 Å². The molecule has 1 saturated carbocycles. The van der Waals surface area contributed by atoms with Crippen LogP contribution in [0.3, 0.4) is 0 Å². The van der Waals surface area contributed by atoms with Crippen molar-refractivity contribution >= 4 is 11.8 Å². The van der Waals surface area contributed by atoms with E-state index >= 15 is 0 Å². The van der Waals surface area contributed by atoms with Gasteiger partial charge in [-0.2, -0.15) is 0 Å². The average Bonchev–Trinajstić information content (AvgIpc) is 2.96. The minimum Gasteiger partial charge on any atom is -0.379 e. The molecule has 2 rings (SSSR count). The molecule has 1 aliphatic carbocycles. The molecule has 0 aromatic heterocycles. The molecule has 0 N–H and O–H groups in total. The Hall–Kier alpha value is -1.16. The summed E-state index contributed by atoms with van der Waals surface area (Å²) in [7, 11) is 0. The van der Waals surface area contributed by atoms with Crippen molar-refractivity contribution in [3.8, 4) is 0 Å². The van der Waals surface area contributed by atoms with E-state index in [1.807, 2.05) is 0 Å². The first-order valence-electron chi connectivity index (χ1n) is 5.30. The smallest absolute Gasteiger partial charge is 0.256 e. The van der Waals surface area contributed by atoms with E-state index in [9.17, 15) is 9.59 Å². The predicted molar refractivity (Wildman–Crippen MR) is 54.0 cm³/mol. The molecule has 0 aromatic rings. The van der Waals surface area contributed by atoms with E-state index in [1.54, 1.807) is 6.92 Å². The normalized spacial score (nSPS) is 21.1. The number of hydrogen-bond acceptors (Lipinski definition) is 3. The number of carbonyl (C=O) groups is 2. The Kier molecular flexibility index (Phi) is 2.86. The van der Waals surface area contributed by atoms with Crippen LogP contribution in [-0.2, 0) is 14.3 Å². The zero-order chi connectivity index (χ0) is 10.8. The summed E-state index contributed by atoms with van der Waals surface area (Å²) >= 11 is 0. The Balaban J connectivity index is 1.70. The summed E-state index contributed by atoms with van der Waals surface area (Å²) < 4.78 is 5.38. The second kappa shape index (κ2) is 4.14. The fourth-order valence-corrected chi connectivity index (χ4v) is 1.54. The first kappa shape index (κ1) is 10.4. The Morgan fingerprint density at radius 2 is 2.20 bits per heavy atom. The van der Waals surface area contributed by atoms with Gasteiger partial charge in [0.2, 0.25) is 0 Å². The highest BCUT2D eigenvalue weighted by Crippen LogP contribution is 2.28. The molecule has 4 nitrogen and oxygen atoms in total. The molecule has 0 radical (unpaired) electrons. The van der Waals surface area contributed by atoms with Gasteiger partial charge in [-0.3, -0.25) is 14.5 Å². The van der Waals surface area contributed by atoms with Gasteiger partial charge in [0.05, 0.1) is 13.2 Å². The quantitative estimate of drug-likeness (QED) is 0.495. The fourth-order valence-electron chi connectivity index (χ4n) is 1.54. The summed E-state index contributed by atoms with van der Waals surface area (Å²) in [5.74, 6) is 0.317. The van der Waals surface area contributed by atoms with Gasteiger partial charge in [-0.05, 0) is 25.7 Å². The van der Waals surface area contributed by atoms with Crippen LogP contribution >= 0.6 is 0 Å². The molecule has 0 atom stereocenters. The lowest BCUT2D eigenvalue weighted by atomic mass is 10.3. The lowest BCUT2D eigenvalue weighted by Gasteiger charge is -2.14. The number of nitrogens with zero attached hydrogens (tertiary/aromatic N) is 1. The van der Waals surface area contributed by atoms with Gasteiger partial charge in [0.1, 0.15) is 0 Å². The van der Waals surface area contributed by atoms with E-state index in [4.69, 9.17) is 4.74 Å². The number of carbonyl (C=O) groups excluding carboxylic acids is 2. The molecule has 1 fully saturated rings. The van der Waals surface area contributed by atoms with E-state index in [-0.39, 0.29) is 11.8 Å². The van der Waals surface area contributed by atoms with Crippen molar-refractivity contribution in [1.29, 1.82) is 0 Å². The zero-order valence-corrected chi connectivity index (χ0v) is 8.86. The summed E-state index contributed by atoms with van der Waals surface area (Å²) in [4.78, 5) is 24.0. The maximum Gasteiger partial charge on any atom is 0.256 e. The molecule has 1 heterocycles. The van der Waals surface area contributed by atoms with Crippen molar-refractivity contribution in [2.24, 2.45) is 5.92 Å². The van der Waals surface area contributed by atoms with Gasteiger partial charge in [0.25, 0.3) is 11.8 Å². The topological polar surface area (TPSA) is 46.6 Å². The third-order valence-corrected chi connectivity index (χ3v) is 2.70. The van der Waals surface area contributed by atoms with Gasteiger partial charge in [-0.1, -0.05) is 0 Å². The van der Waals surface area contributed by atoms with Crippen molar-refractivity contribution in [3.63, 3.8) is 0 Å². The number of ether oxygens (including phenoxy) is 1. The van der Waals surface area contributed by atoms with Crippen LogP contribution in [0.15, 0.2) is 11.6 Å². The Labute approximate surface area is 88.9 Å². The third kappa shape index (κ3) is 2.45. The largest absolute Gasteiger partial charge is 0.379 e. The van der Waals surface area contributed by atoms with Crippen molar-refractivity contribution in [2.45, 2.75) is 19.8 Å². The molecule has 2 aliphatic rings. The molecule has 0 unspecified atom stereocenters. The molecule has 0 spiro atoms. The Morgan fingerprint density at radius 1 is 1.47 bits per heavy atom. The van der Waals surface area contributed by atoms with Gasteiger partial charge in [0.15, 0.2) is 0 Å². The SMILES string of the molecule is CC1=CC(=O)N(CCOCC2CC2)C1=O. The minimum atomic E-state index is -0.215. The molecule has 2 amide bonds. The number of rotatable bonds is 5. The summed E-state index contributed by atoms with van der Waals surface area (Å²) in [6.07, 6.45) is 3.88. The molecule has 4 heteroatoms. The molecule has 0 saturated heterocycles. The van der Waals surface area contributed by atoms with Crippen LogP contribution in [0.5, 0.6) is 0 Å². The van der Waals surface area contributed by atoms with Gasteiger partial charge < -0.3 is 4.74 Å². The summed E-state index contributed by atoms with van der Waals surface area (Å²) in [6.45, 7) is 3.25. The van der Waals surface area contributed by atoms with Crippen LogP contribution in [-0.4, -0.2) is 36.5 Å². The minimum absolute atomic E-state index is 0.185. The van der Waals surface area contributed by atoms with Crippen LogP contribution < -0.4 is 0 Å². The lowest BCUT2D eigenvalue weighted by Crippen LogP contribution is -2.34. The third-order valence-electron chi connectivity index (χ3n) is 2.70. The van der Waals surface area contributed by atoms with Crippen LogP contribution in [0.1, 0.15) is 19.8 Å². The van der Waals surface area contributed by atoms with E-state index < -0.39 is 0 Å². The molecule has 0 bridgehead atoms. The Morgan fingerprint density at radius 3 is 2.73 bits per heavy atom. The maximum atomic E-state index is 11.4. The second-order valence-corrected chi connectivity index (χ2v) is 4.14. The fraction of sp³-hybridized carbons (Fsp3) is 0.636. The molecular formula is C11H15NO3. The van der Waals surface area contributed by atoms with E-state index in [0.717, 1.165) is 12.5 Å². The highest BCUT2D eigenvalue weighted by molar-refractivity contribution is 6.15. The van der Waals surface area contributed by atoms with Gasteiger partial charge in [-0.15, -0.1) is 0 Å². The Bertz CT molecular complexity index is 318. The molecule has 82 valence electrons. The highest BCUT2D eigenvalue weighted by atomic mass is 16.5. The van der Waals surface area contributed by atoms with Crippen LogP contribution in [0, 0.1) is 5.92 Å². The number of imide groups is 1.